The number of thiazole rings is 1. The van der Waals surface area contributed by atoms with Crippen LogP contribution in [0.4, 0.5) is 5.69 Å². The van der Waals surface area contributed by atoms with Gasteiger partial charge in [-0.05, 0) is 49.6 Å². The van der Waals surface area contributed by atoms with Gasteiger partial charge >= 0.3 is 4.87 Å². The van der Waals surface area contributed by atoms with Crippen molar-refractivity contribution in [2.45, 2.75) is 62.9 Å². The van der Waals surface area contributed by atoms with Crippen LogP contribution < -0.4 is 14.9 Å². The van der Waals surface area contributed by atoms with Gasteiger partial charge in [0.15, 0.2) is 0 Å². The van der Waals surface area contributed by atoms with Crippen LogP contribution in [0.2, 0.25) is 0 Å². The Bertz CT molecular complexity index is 1290. The van der Waals surface area contributed by atoms with Crippen molar-refractivity contribution in [3.05, 3.63) is 57.7 Å². The number of carbonyl (C=O) groups is 1. The standard InChI is InChI=1S/C23H27N3O4S2/c1-2-14-26-20-13-12-17(15-21(20)31-23(26)28)32(29,30)25-19-11-7-6-10-18(19)22(27)24-16-8-4-3-5-9-16/h6-7,10-13,15-16,25H,2-5,8-9,14H2,1H3,(H,24,27). The molecule has 0 unspecified atom stereocenters. The first-order chi connectivity index (χ1) is 15.4. The molecule has 2 N–H and O–H groups in total. The highest BCUT2D eigenvalue weighted by Gasteiger charge is 2.22. The molecule has 1 fully saturated rings. The maximum atomic E-state index is 13.1. The van der Waals surface area contributed by atoms with E-state index in [0.29, 0.717) is 16.8 Å². The first kappa shape index (κ1) is 22.5. The van der Waals surface area contributed by atoms with Crippen molar-refractivity contribution in [3.63, 3.8) is 0 Å². The van der Waals surface area contributed by atoms with Gasteiger partial charge in [0.2, 0.25) is 0 Å². The second-order valence-electron chi connectivity index (χ2n) is 8.11. The van der Waals surface area contributed by atoms with Gasteiger partial charge in [-0.3, -0.25) is 18.9 Å². The number of anilines is 1. The highest BCUT2D eigenvalue weighted by atomic mass is 32.2. The molecule has 3 aromatic rings. The Morgan fingerprint density at radius 2 is 1.88 bits per heavy atom. The van der Waals surface area contributed by atoms with Crippen LogP contribution in [0.15, 0.2) is 52.2 Å². The van der Waals surface area contributed by atoms with Crippen LogP contribution in [-0.4, -0.2) is 24.9 Å². The van der Waals surface area contributed by atoms with Crippen LogP contribution >= 0.6 is 11.3 Å². The quantitative estimate of drug-likeness (QED) is 0.533. The maximum absolute atomic E-state index is 13.1. The monoisotopic (exact) mass is 473 g/mol. The number of sulfonamides is 1. The number of amides is 1. The second-order valence-corrected chi connectivity index (χ2v) is 10.8. The lowest BCUT2D eigenvalue weighted by molar-refractivity contribution is 0.0928. The molecule has 1 saturated carbocycles. The summed E-state index contributed by atoms with van der Waals surface area (Å²) in [7, 11) is -3.94. The van der Waals surface area contributed by atoms with Crippen molar-refractivity contribution in [1.29, 1.82) is 0 Å². The molecule has 1 amide bonds. The Hall–Kier alpha value is -2.65. The summed E-state index contributed by atoms with van der Waals surface area (Å²) in [5, 5.41) is 3.04. The summed E-state index contributed by atoms with van der Waals surface area (Å²) in [5.74, 6) is -0.277. The zero-order valence-electron chi connectivity index (χ0n) is 18.0. The van der Waals surface area contributed by atoms with Crippen LogP contribution in [-0.2, 0) is 16.6 Å². The number of fused-ring (bicyclic) bond motifs is 1. The predicted molar refractivity (Wildman–Crippen MR) is 128 cm³/mol. The second kappa shape index (κ2) is 9.46. The van der Waals surface area contributed by atoms with Gasteiger partial charge in [0.1, 0.15) is 0 Å². The molecule has 4 rings (SSSR count). The normalized spacial score (nSPS) is 15.0. The molecule has 2 aromatic carbocycles. The van der Waals surface area contributed by atoms with E-state index in [1.165, 1.54) is 18.6 Å². The third-order valence-electron chi connectivity index (χ3n) is 5.75. The lowest BCUT2D eigenvalue weighted by Crippen LogP contribution is -2.36. The van der Waals surface area contributed by atoms with Gasteiger partial charge in [0.05, 0.1) is 26.4 Å². The van der Waals surface area contributed by atoms with Crippen LogP contribution in [0, 0.1) is 0 Å². The highest BCUT2D eigenvalue weighted by molar-refractivity contribution is 7.92. The highest BCUT2D eigenvalue weighted by Crippen LogP contribution is 2.25. The zero-order valence-corrected chi connectivity index (χ0v) is 19.6. The summed E-state index contributed by atoms with van der Waals surface area (Å²) in [6.07, 6.45) is 6.07. The average molecular weight is 474 g/mol. The number of carbonyl (C=O) groups excluding carboxylic acids is 1. The van der Waals surface area contributed by atoms with Gasteiger partial charge in [-0.15, -0.1) is 0 Å². The Balaban J connectivity index is 1.60. The van der Waals surface area contributed by atoms with E-state index < -0.39 is 10.0 Å². The van der Waals surface area contributed by atoms with Crippen molar-refractivity contribution in [2.75, 3.05) is 4.72 Å². The molecule has 0 radical (unpaired) electrons. The fraction of sp³-hybridized carbons (Fsp3) is 0.391. The van der Waals surface area contributed by atoms with Gasteiger partial charge < -0.3 is 5.32 Å². The fourth-order valence-electron chi connectivity index (χ4n) is 4.13. The predicted octanol–water partition coefficient (Wildman–Crippen LogP) is 4.34. The molecule has 7 nitrogen and oxygen atoms in total. The number of nitrogens with zero attached hydrogens (tertiary/aromatic N) is 1. The van der Waals surface area contributed by atoms with E-state index >= 15 is 0 Å². The van der Waals surface area contributed by atoms with Crippen molar-refractivity contribution in [2.24, 2.45) is 0 Å². The molecule has 0 bridgehead atoms. The summed E-state index contributed by atoms with van der Waals surface area (Å²) in [6.45, 7) is 2.58. The van der Waals surface area contributed by atoms with E-state index in [9.17, 15) is 18.0 Å². The number of hydrogen-bond donors (Lipinski definition) is 2. The number of rotatable bonds is 7. The van der Waals surface area contributed by atoms with E-state index in [4.69, 9.17) is 0 Å². The van der Waals surface area contributed by atoms with Gasteiger partial charge in [0.25, 0.3) is 15.9 Å². The van der Waals surface area contributed by atoms with Crippen LogP contribution in [0.5, 0.6) is 0 Å². The van der Waals surface area contributed by atoms with Gasteiger partial charge in [-0.25, -0.2) is 8.42 Å². The molecule has 170 valence electrons. The first-order valence-corrected chi connectivity index (χ1v) is 13.2. The SMILES string of the molecule is CCCn1c(=O)sc2cc(S(=O)(=O)Nc3ccccc3C(=O)NC3CCCCC3)ccc21. The van der Waals surface area contributed by atoms with E-state index in [-0.39, 0.29) is 27.4 Å². The fourth-order valence-corrected chi connectivity index (χ4v) is 6.27. The topological polar surface area (TPSA) is 97.3 Å². The molecule has 1 aromatic heterocycles. The number of aryl methyl sites for hydroxylation is 1. The number of para-hydroxylation sites is 1. The minimum Gasteiger partial charge on any atom is -0.349 e. The first-order valence-electron chi connectivity index (χ1n) is 10.9. The third-order valence-corrected chi connectivity index (χ3v) is 8.06. The Labute approximate surface area is 191 Å². The summed E-state index contributed by atoms with van der Waals surface area (Å²) < 4.78 is 31.1. The average Bonchev–Trinajstić information content (AvgIpc) is 3.09. The van der Waals surface area contributed by atoms with Crippen molar-refractivity contribution >= 4 is 43.2 Å². The van der Waals surface area contributed by atoms with Crippen LogP contribution in [0.1, 0.15) is 55.8 Å². The lowest BCUT2D eigenvalue weighted by Gasteiger charge is -2.23. The summed E-state index contributed by atoms with van der Waals surface area (Å²) in [6, 6.07) is 11.4. The van der Waals surface area contributed by atoms with E-state index in [0.717, 1.165) is 49.0 Å². The zero-order chi connectivity index (χ0) is 22.7. The van der Waals surface area contributed by atoms with Gasteiger partial charge in [-0.2, -0.15) is 0 Å². The molecule has 0 aliphatic heterocycles. The Morgan fingerprint density at radius 3 is 2.62 bits per heavy atom. The third kappa shape index (κ3) is 4.73. The summed E-state index contributed by atoms with van der Waals surface area (Å²) in [5.41, 5.74) is 1.26. The van der Waals surface area contributed by atoms with Gasteiger partial charge in [0, 0.05) is 12.6 Å². The minimum absolute atomic E-state index is 0.0531. The summed E-state index contributed by atoms with van der Waals surface area (Å²) in [4.78, 5) is 25.0. The smallest absolute Gasteiger partial charge is 0.308 e. The molecule has 9 heteroatoms. The lowest BCUT2D eigenvalue weighted by atomic mass is 9.95. The molecule has 0 spiro atoms. The summed E-state index contributed by atoms with van der Waals surface area (Å²) >= 11 is 1.03. The number of hydrogen-bond acceptors (Lipinski definition) is 5. The molecule has 1 aliphatic rings. The van der Waals surface area contributed by atoms with Crippen LogP contribution in [0.25, 0.3) is 10.2 Å². The maximum Gasteiger partial charge on any atom is 0.308 e. The molecular formula is C23H27N3O4S2. The number of nitrogens with one attached hydrogen (secondary N) is 2. The Morgan fingerprint density at radius 1 is 1.12 bits per heavy atom. The van der Waals surface area contributed by atoms with E-state index in [1.807, 2.05) is 6.92 Å². The van der Waals surface area contributed by atoms with Crippen molar-refractivity contribution in [1.82, 2.24) is 9.88 Å². The van der Waals surface area contributed by atoms with Crippen molar-refractivity contribution < 1.29 is 13.2 Å². The van der Waals surface area contributed by atoms with Crippen LogP contribution in [0.3, 0.4) is 0 Å². The van der Waals surface area contributed by atoms with E-state index in [1.54, 1.807) is 34.9 Å². The molecule has 1 aliphatic carbocycles. The molecule has 1 heterocycles. The van der Waals surface area contributed by atoms with E-state index in [2.05, 4.69) is 10.0 Å². The largest absolute Gasteiger partial charge is 0.349 e. The molecule has 32 heavy (non-hydrogen) atoms. The molecular weight excluding hydrogens is 446 g/mol. The Kier molecular flexibility index (Phi) is 6.66. The minimum atomic E-state index is -3.94. The van der Waals surface area contributed by atoms with Crippen molar-refractivity contribution in [3.8, 4) is 0 Å². The van der Waals surface area contributed by atoms with Gasteiger partial charge in [-0.1, -0.05) is 49.7 Å². The molecule has 0 saturated heterocycles. The number of aromatic nitrogens is 1. The number of benzene rings is 2. The molecule has 0 atom stereocenters.